The molecule has 1 aromatic carbocycles. The van der Waals surface area contributed by atoms with E-state index in [9.17, 15) is 14.7 Å². The largest absolute Gasteiger partial charge is 0.478 e. The summed E-state index contributed by atoms with van der Waals surface area (Å²) in [4.78, 5) is 27.3. The molecule has 1 aliphatic heterocycles. The van der Waals surface area contributed by atoms with Crippen molar-refractivity contribution in [3.63, 3.8) is 0 Å². The van der Waals surface area contributed by atoms with Crippen LogP contribution in [0.15, 0.2) is 23.0 Å². The van der Waals surface area contributed by atoms with Crippen LogP contribution >= 0.6 is 0 Å². The zero-order chi connectivity index (χ0) is 19.0. The number of carbonyl (C=O) groups is 1. The van der Waals surface area contributed by atoms with E-state index in [1.165, 1.54) is 6.42 Å². The Kier molecular flexibility index (Phi) is 5.08. The third-order valence-corrected chi connectivity index (χ3v) is 6.41. The van der Waals surface area contributed by atoms with E-state index in [1.807, 2.05) is 15.2 Å². The van der Waals surface area contributed by atoms with E-state index in [2.05, 4.69) is 11.8 Å². The van der Waals surface area contributed by atoms with E-state index < -0.39 is 5.97 Å². The van der Waals surface area contributed by atoms with Gasteiger partial charge in [-0.1, -0.05) is 26.2 Å². The average molecular weight is 371 g/mol. The van der Waals surface area contributed by atoms with Gasteiger partial charge in [0.15, 0.2) is 0 Å². The molecule has 0 unspecified atom stereocenters. The molecule has 2 fully saturated rings. The molecule has 146 valence electrons. The zero-order valence-corrected chi connectivity index (χ0v) is 16.1. The SMILES string of the molecule is CCN1CC[C@@H](Cn2c(=O)n(C3CCCCC3)c3ccc(C(=O)O)cc32)C1. The Bertz CT molecular complexity index is 892. The van der Waals surface area contributed by atoms with Crippen molar-refractivity contribution in [3.8, 4) is 0 Å². The van der Waals surface area contributed by atoms with Crippen LogP contribution in [0.25, 0.3) is 11.0 Å². The summed E-state index contributed by atoms with van der Waals surface area (Å²) < 4.78 is 3.80. The maximum absolute atomic E-state index is 13.4. The van der Waals surface area contributed by atoms with Crippen LogP contribution in [0.3, 0.4) is 0 Å². The van der Waals surface area contributed by atoms with E-state index in [1.54, 1.807) is 12.1 Å². The van der Waals surface area contributed by atoms with Gasteiger partial charge in [-0.25, -0.2) is 9.59 Å². The molecular weight excluding hydrogens is 342 g/mol. The highest BCUT2D eigenvalue weighted by Crippen LogP contribution is 2.31. The lowest BCUT2D eigenvalue weighted by molar-refractivity contribution is 0.0697. The number of carboxylic acids is 1. The van der Waals surface area contributed by atoms with Gasteiger partial charge in [-0.2, -0.15) is 0 Å². The van der Waals surface area contributed by atoms with E-state index >= 15 is 0 Å². The van der Waals surface area contributed by atoms with Crippen molar-refractivity contribution in [2.75, 3.05) is 19.6 Å². The first-order valence-electron chi connectivity index (χ1n) is 10.3. The van der Waals surface area contributed by atoms with Crippen molar-refractivity contribution in [2.24, 2.45) is 5.92 Å². The molecule has 4 rings (SSSR count). The van der Waals surface area contributed by atoms with Crippen molar-refractivity contribution in [1.29, 1.82) is 0 Å². The first kappa shape index (κ1) is 18.3. The number of aromatic carboxylic acids is 1. The fraction of sp³-hybridized carbons (Fsp3) is 0.619. The second kappa shape index (κ2) is 7.50. The molecule has 1 saturated carbocycles. The molecule has 6 nitrogen and oxygen atoms in total. The smallest absolute Gasteiger partial charge is 0.335 e. The molecule has 0 amide bonds. The van der Waals surface area contributed by atoms with Gasteiger partial charge in [-0.05, 0) is 56.5 Å². The molecule has 6 heteroatoms. The van der Waals surface area contributed by atoms with E-state index in [4.69, 9.17) is 0 Å². The topological polar surface area (TPSA) is 67.5 Å². The number of likely N-dealkylation sites (tertiary alicyclic amines) is 1. The fourth-order valence-corrected chi connectivity index (χ4v) is 4.89. The van der Waals surface area contributed by atoms with Crippen LogP contribution in [-0.2, 0) is 6.54 Å². The normalized spacial score (nSPS) is 21.9. The first-order chi connectivity index (χ1) is 13.1. The summed E-state index contributed by atoms with van der Waals surface area (Å²) in [6.07, 6.45) is 6.71. The molecule has 2 heterocycles. The molecule has 1 atom stereocenters. The summed E-state index contributed by atoms with van der Waals surface area (Å²) in [6, 6.07) is 5.38. The maximum atomic E-state index is 13.4. The number of benzene rings is 1. The Morgan fingerprint density at radius 1 is 1.15 bits per heavy atom. The van der Waals surface area contributed by atoms with Gasteiger partial charge in [0, 0.05) is 19.1 Å². The van der Waals surface area contributed by atoms with Gasteiger partial charge in [-0.3, -0.25) is 9.13 Å². The van der Waals surface area contributed by atoms with Crippen molar-refractivity contribution < 1.29 is 9.90 Å². The highest BCUT2D eigenvalue weighted by Gasteiger charge is 2.27. The number of hydrogen-bond donors (Lipinski definition) is 1. The van der Waals surface area contributed by atoms with Crippen LogP contribution in [-0.4, -0.2) is 44.7 Å². The van der Waals surface area contributed by atoms with Crippen LogP contribution in [0.5, 0.6) is 0 Å². The fourth-order valence-electron chi connectivity index (χ4n) is 4.89. The number of carboxylic acid groups (broad SMARTS) is 1. The molecule has 0 radical (unpaired) electrons. The standard InChI is InChI=1S/C21H29N3O3/c1-2-22-11-10-15(13-22)14-23-19-12-16(20(25)26)8-9-18(19)24(21(23)27)17-6-4-3-5-7-17/h8-9,12,15,17H,2-7,10-11,13-14H2,1H3,(H,25,26)/t15-/m1/s1. The summed E-state index contributed by atoms with van der Waals surface area (Å²) in [6.45, 7) is 5.98. The van der Waals surface area contributed by atoms with Gasteiger partial charge in [0.1, 0.15) is 0 Å². The third kappa shape index (κ3) is 3.43. The predicted octanol–water partition coefficient (Wildman–Crippen LogP) is 3.35. The number of nitrogens with zero attached hydrogens (tertiary/aromatic N) is 3. The Morgan fingerprint density at radius 2 is 1.93 bits per heavy atom. The number of fused-ring (bicyclic) bond motifs is 1. The minimum Gasteiger partial charge on any atom is -0.478 e. The number of rotatable bonds is 5. The summed E-state index contributed by atoms with van der Waals surface area (Å²) in [5.74, 6) is -0.499. The third-order valence-electron chi connectivity index (χ3n) is 6.41. The quantitative estimate of drug-likeness (QED) is 0.875. The molecule has 0 bridgehead atoms. The lowest BCUT2D eigenvalue weighted by Gasteiger charge is -2.23. The van der Waals surface area contributed by atoms with Crippen LogP contribution in [0.1, 0.15) is 61.8 Å². The van der Waals surface area contributed by atoms with E-state index in [-0.39, 0.29) is 17.3 Å². The monoisotopic (exact) mass is 371 g/mol. The first-order valence-corrected chi connectivity index (χ1v) is 10.3. The van der Waals surface area contributed by atoms with Crippen LogP contribution in [0, 0.1) is 5.92 Å². The molecule has 1 N–H and O–H groups in total. The molecule has 1 aromatic heterocycles. The summed E-state index contributed by atoms with van der Waals surface area (Å²) in [5, 5.41) is 9.41. The van der Waals surface area contributed by atoms with Crippen LogP contribution < -0.4 is 5.69 Å². The van der Waals surface area contributed by atoms with Crippen molar-refractivity contribution in [1.82, 2.24) is 14.0 Å². The minimum absolute atomic E-state index is 0.0365. The number of hydrogen-bond acceptors (Lipinski definition) is 3. The van der Waals surface area contributed by atoms with Crippen LogP contribution in [0.4, 0.5) is 0 Å². The summed E-state index contributed by atoms with van der Waals surface area (Å²) in [7, 11) is 0. The molecule has 1 saturated heterocycles. The molecule has 27 heavy (non-hydrogen) atoms. The lowest BCUT2D eigenvalue weighted by atomic mass is 9.95. The Hall–Kier alpha value is -2.08. The predicted molar refractivity (Wildman–Crippen MR) is 106 cm³/mol. The summed E-state index contributed by atoms with van der Waals surface area (Å²) >= 11 is 0. The average Bonchev–Trinajstić information content (AvgIpc) is 3.25. The van der Waals surface area contributed by atoms with Gasteiger partial charge >= 0.3 is 11.7 Å². The van der Waals surface area contributed by atoms with Gasteiger partial charge < -0.3 is 10.0 Å². The lowest BCUT2D eigenvalue weighted by Crippen LogP contribution is -2.31. The number of aromatic nitrogens is 2. The highest BCUT2D eigenvalue weighted by atomic mass is 16.4. The maximum Gasteiger partial charge on any atom is 0.335 e. The van der Waals surface area contributed by atoms with Crippen molar-refractivity contribution >= 4 is 17.0 Å². The van der Waals surface area contributed by atoms with E-state index in [0.717, 1.165) is 62.8 Å². The Labute approximate surface area is 159 Å². The van der Waals surface area contributed by atoms with E-state index in [0.29, 0.717) is 12.5 Å². The van der Waals surface area contributed by atoms with Gasteiger partial charge in [0.25, 0.3) is 0 Å². The molecule has 2 aromatic rings. The Balaban J connectivity index is 1.78. The Morgan fingerprint density at radius 3 is 2.59 bits per heavy atom. The molecule has 1 aliphatic carbocycles. The molecule has 0 spiro atoms. The van der Waals surface area contributed by atoms with Crippen LogP contribution in [0.2, 0.25) is 0 Å². The molecular formula is C21H29N3O3. The summed E-state index contributed by atoms with van der Waals surface area (Å²) in [5.41, 5.74) is 1.95. The van der Waals surface area contributed by atoms with Gasteiger partial charge in [0.05, 0.1) is 16.6 Å². The highest BCUT2D eigenvalue weighted by molar-refractivity contribution is 5.92. The van der Waals surface area contributed by atoms with Gasteiger partial charge in [0.2, 0.25) is 0 Å². The molecule has 2 aliphatic rings. The zero-order valence-electron chi connectivity index (χ0n) is 16.1. The second-order valence-corrected chi connectivity index (χ2v) is 8.11. The van der Waals surface area contributed by atoms with Gasteiger partial charge in [-0.15, -0.1) is 0 Å². The van der Waals surface area contributed by atoms with Crippen molar-refractivity contribution in [2.45, 2.75) is 58.0 Å². The minimum atomic E-state index is -0.945. The number of imidazole rings is 1. The van der Waals surface area contributed by atoms with Crippen molar-refractivity contribution in [3.05, 3.63) is 34.2 Å². The second-order valence-electron chi connectivity index (χ2n) is 8.11.